The molecule has 9 heteroatoms. The van der Waals surface area contributed by atoms with Crippen LogP contribution in [0.5, 0.6) is 0 Å². The molecule has 0 amide bonds. The van der Waals surface area contributed by atoms with E-state index in [1.165, 1.54) is 105 Å². The van der Waals surface area contributed by atoms with E-state index in [0.717, 1.165) is 138 Å². The van der Waals surface area contributed by atoms with E-state index < -0.39 is 0 Å². The topological polar surface area (TPSA) is 54.2 Å². The second kappa shape index (κ2) is 28.7. The zero-order valence-corrected chi connectivity index (χ0v) is 68.6. The third-order valence-corrected chi connectivity index (χ3v) is 28.2. The zero-order valence-electron chi connectivity index (χ0n) is 66.1. The summed E-state index contributed by atoms with van der Waals surface area (Å²) < 4.78 is 34.9. The van der Waals surface area contributed by atoms with Crippen molar-refractivity contribution in [1.82, 2.24) is 13.7 Å². The molecular weight excluding hydrogens is 1560 g/mol. The summed E-state index contributed by atoms with van der Waals surface area (Å²) in [6.45, 7) is 0. The van der Waals surface area contributed by atoms with Crippen LogP contribution < -0.4 is 0 Å². The molecule has 0 aliphatic carbocycles. The van der Waals surface area contributed by atoms with E-state index in [0.29, 0.717) is 0 Å². The van der Waals surface area contributed by atoms with Crippen molar-refractivity contribution in [3.05, 3.63) is 419 Å². The summed E-state index contributed by atoms with van der Waals surface area (Å²) in [6, 6.07) is 150. The van der Waals surface area contributed by atoms with Crippen LogP contribution >= 0.6 is 34.0 Å². The number of thiophene rings is 3. The Labute approximate surface area is 717 Å². The number of fused-ring (bicyclic) bond motifs is 24. The van der Waals surface area contributed by atoms with E-state index in [1.54, 1.807) is 0 Å². The molecule has 27 aromatic rings. The van der Waals surface area contributed by atoms with Gasteiger partial charge >= 0.3 is 0 Å². The number of hydrogen-bond acceptors (Lipinski definition) is 6. The number of benzene rings is 18. The fourth-order valence-corrected chi connectivity index (χ4v) is 22.5. The molecular formula is C114H69N3O3S3. The first kappa shape index (κ1) is 70.6. The van der Waals surface area contributed by atoms with Crippen molar-refractivity contribution in [3.8, 4) is 83.8 Å². The van der Waals surface area contributed by atoms with Gasteiger partial charge in [-0.2, -0.15) is 0 Å². The molecule has 0 fully saturated rings. The summed E-state index contributed by atoms with van der Waals surface area (Å²) in [6.07, 6.45) is 0. The van der Waals surface area contributed by atoms with Crippen molar-refractivity contribution in [2.24, 2.45) is 0 Å². The number of para-hydroxylation sites is 7. The second-order valence-electron chi connectivity index (χ2n) is 31.6. The van der Waals surface area contributed by atoms with Crippen LogP contribution in [0.4, 0.5) is 0 Å². The zero-order chi connectivity index (χ0) is 80.7. The molecule has 27 rings (SSSR count). The first-order chi connectivity index (χ1) is 61.0. The van der Waals surface area contributed by atoms with Crippen molar-refractivity contribution in [2.45, 2.75) is 0 Å². The van der Waals surface area contributed by atoms with Crippen molar-refractivity contribution < 1.29 is 13.3 Å². The highest BCUT2D eigenvalue weighted by atomic mass is 32.1. The van der Waals surface area contributed by atoms with Crippen LogP contribution in [0.3, 0.4) is 0 Å². The van der Waals surface area contributed by atoms with E-state index in [2.05, 4.69) is 432 Å². The van der Waals surface area contributed by atoms with Crippen molar-refractivity contribution in [2.75, 3.05) is 0 Å². The first-order valence-electron chi connectivity index (χ1n) is 41.6. The van der Waals surface area contributed by atoms with E-state index in [9.17, 15) is 0 Å². The lowest BCUT2D eigenvalue weighted by molar-refractivity contribution is 0.672. The molecule has 9 heterocycles. The van der Waals surface area contributed by atoms with Gasteiger partial charge in [-0.3, -0.25) is 0 Å². The van der Waals surface area contributed by atoms with Gasteiger partial charge in [-0.1, -0.05) is 285 Å². The molecule has 0 radical (unpaired) electrons. The lowest BCUT2D eigenvalue weighted by Crippen LogP contribution is -1.92. The van der Waals surface area contributed by atoms with Gasteiger partial charge < -0.3 is 27.0 Å². The summed E-state index contributed by atoms with van der Waals surface area (Å²) in [7, 11) is 0. The monoisotopic (exact) mass is 1620 g/mol. The molecule has 9 aromatic heterocycles. The molecule has 0 N–H and O–H groups in total. The van der Waals surface area contributed by atoms with Crippen LogP contribution in [0.2, 0.25) is 0 Å². The van der Waals surface area contributed by atoms with Crippen molar-refractivity contribution in [3.63, 3.8) is 0 Å². The van der Waals surface area contributed by atoms with Crippen LogP contribution in [-0.2, 0) is 0 Å². The van der Waals surface area contributed by atoms with Crippen LogP contribution in [0.15, 0.2) is 432 Å². The third kappa shape index (κ3) is 11.6. The molecule has 0 aliphatic heterocycles. The van der Waals surface area contributed by atoms with Gasteiger partial charge in [0.2, 0.25) is 0 Å². The highest BCUT2D eigenvalue weighted by molar-refractivity contribution is 7.27. The highest BCUT2D eigenvalue weighted by Crippen LogP contribution is 2.49. The van der Waals surface area contributed by atoms with Gasteiger partial charge in [0.15, 0.2) is 16.7 Å². The average molecular weight is 1630 g/mol. The highest BCUT2D eigenvalue weighted by Gasteiger charge is 2.25. The summed E-state index contributed by atoms with van der Waals surface area (Å²) >= 11 is 5.60. The van der Waals surface area contributed by atoms with Gasteiger partial charge in [0.05, 0.1) is 16.6 Å². The minimum absolute atomic E-state index is 0.905. The second-order valence-corrected chi connectivity index (χ2v) is 34.8. The van der Waals surface area contributed by atoms with Crippen molar-refractivity contribution >= 4 is 193 Å². The van der Waals surface area contributed by atoms with E-state index >= 15 is 0 Å². The van der Waals surface area contributed by atoms with Crippen LogP contribution in [0.1, 0.15) is 0 Å². The molecule has 0 bridgehead atoms. The smallest absolute Gasteiger partial charge is 0.161 e. The Kier molecular flexibility index (Phi) is 16.5. The Morgan fingerprint density at radius 2 is 0.504 bits per heavy atom. The average Bonchev–Trinajstić information content (AvgIpc) is 1.57. The van der Waals surface area contributed by atoms with Gasteiger partial charge in [0.25, 0.3) is 0 Å². The predicted octanol–water partition coefficient (Wildman–Crippen LogP) is 33.7. The van der Waals surface area contributed by atoms with Crippen molar-refractivity contribution in [1.29, 1.82) is 0 Å². The summed E-state index contributed by atoms with van der Waals surface area (Å²) in [5, 5.41) is 14.7. The molecule has 0 spiro atoms. The number of nitrogens with zero attached hydrogens (tertiary/aromatic N) is 3. The Morgan fingerprint density at radius 3 is 1.02 bits per heavy atom. The molecule has 576 valence electrons. The maximum atomic E-state index is 6.74. The molecule has 18 aromatic carbocycles. The van der Waals surface area contributed by atoms with Gasteiger partial charge in [-0.25, -0.2) is 0 Å². The van der Waals surface area contributed by atoms with E-state index in [1.807, 2.05) is 34.0 Å². The first-order valence-corrected chi connectivity index (χ1v) is 44.0. The summed E-state index contributed by atoms with van der Waals surface area (Å²) in [5.41, 5.74) is 30.1. The SMILES string of the molecule is c1ccc(-n2c3ccccc3c3oc4c(-c5ccc(-c6cccc7sc8ccccc8c67)cc5)cccc4c32)cc1.c1ccc(-n2c3ccccc3c3oc4cc(-c5ccc(-c6ccc7c(c6)sc6ccccc67)cc5)ccc4c32)cc1.c1ccc(-n2c3ccccc3c3oc4cc(-c5ccc(-c6cccc7c6sc6ccccc67)cc5)ccc4c32)cc1. The number of rotatable bonds is 9. The molecule has 123 heavy (non-hydrogen) atoms. The molecule has 0 aliphatic rings. The Bertz CT molecular complexity index is 8860. The molecule has 0 atom stereocenters. The number of aromatic nitrogens is 3. The number of furan rings is 3. The Hall–Kier alpha value is -15.4. The van der Waals surface area contributed by atoms with Crippen LogP contribution in [0, 0.1) is 0 Å². The van der Waals surface area contributed by atoms with Crippen LogP contribution in [0.25, 0.3) is 243 Å². The standard InChI is InChI=1S/3C38H23NOS/c1-2-10-26(11-3-1)39-32-17-6-4-12-29(32)38-36(39)31-16-8-15-28(37(31)40-38)25-22-20-24(21-23-25)27-14-9-19-34-35(27)30-13-5-7-18-33(30)41-34;1-2-9-27(10-3-1)39-33-15-6-4-12-31(33)37-36(39)32-22-21-26(23-34(32)40-37)24-17-19-25(20-18-24)28-13-8-14-30-29-11-5-7-16-35(29)41-38(28)30;1-2-8-28(9-3-1)39-33-12-6-4-11-31(33)38-37(39)32-21-19-26(22-34(32)40-38)24-14-16-25(17-15-24)27-18-20-30-29-10-5-7-13-35(29)41-36(30)23-27/h3*1-23H. The minimum atomic E-state index is 0.905. The lowest BCUT2D eigenvalue weighted by atomic mass is 9.96. The molecule has 0 unspecified atom stereocenters. The Morgan fingerprint density at radius 1 is 0.179 bits per heavy atom. The lowest BCUT2D eigenvalue weighted by Gasteiger charge is -2.09. The third-order valence-electron chi connectivity index (χ3n) is 24.7. The maximum absolute atomic E-state index is 6.74. The summed E-state index contributed by atoms with van der Waals surface area (Å²) in [5.74, 6) is 0. The predicted molar refractivity (Wildman–Crippen MR) is 523 cm³/mol. The van der Waals surface area contributed by atoms with Crippen LogP contribution in [-0.4, -0.2) is 13.7 Å². The fourth-order valence-electron chi connectivity index (χ4n) is 19.0. The van der Waals surface area contributed by atoms with E-state index in [4.69, 9.17) is 13.3 Å². The van der Waals surface area contributed by atoms with Gasteiger partial charge in [0.1, 0.15) is 33.3 Å². The van der Waals surface area contributed by atoms with Gasteiger partial charge in [0, 0.05) is 115 Å². The molecule has 6 nitrogen and oxygen atoms in total. The van der Waals surface area contributed by atoms with E-state index in [-0.39, 0.29) is 0 Å². The quantitative estimate of drug-likeness (QED) is 0.145. The number of hydrogen-bond donors (Lipinski definition) is 0. The molecule has 0 saturated heterocycles. The largest absolute Gasteiger partial charge is 0.454 e. The maximum Gasteiger partial charge on any atom is 0.161 e. The fraction of sp³-hybridized carbons (Fsp3) is 0. The Balaban J connectivity index is 0.000000101. The normalized spacial score (nSPS) is 11.9. The molecule has 0 saturated carbocycles. The minimum Gasteiger partial charge on any atom is -0.454 e. The van der Waals surface area contributed by atoms with Gasteiger partial charge in [-0.05, 0) is 195 Å². The summed E-state index contributed by atoms with van der Waals surface area (Å²) in [4.78, 5) is 0. The van der Waals surface area contributed by atoms with Gasteiger partial charge in [-0.15, -0.1) is 34.0 Å².